The van der Waals surface area contributed by atoms with Gasteiger partial charge in [-0.25, -0.2) is 9.59 Å². The molecule has 36 heavy (non-hydrogen) atoms. The van der Waals surface area contributed by atoms with Gasteiger partial charge in [-0.3, -0.25) is 9.69 Å². The van der Waals surface area contributed by atoms with E-state index >= 15 is 0 Å². The number of nitriles is 1. The standard InChI is InChI=1S/C25H23ClN4O6/c1-34-13-19(31)29-15-9-10-17(26)18(11-15)30-22(25(33)36-3)21(24(32)35-2)20(16(12-27)23(30)28)14-7-5-4-6-8-14/h4-11,20H,13,28H2,1-3H3,(H,29,31). The first kappa shape index (κ1) is 26.3. The summed E-state index contributed by atoms with van der Waals surface area (Å²) in [5.74, 6) is -3.39. The van der Waals surface area contributed by atoms with E-state index < -0.39 is 23.8 Å². The fourth-order valence-corrected chi connectivity index (χ4v) is 4.06. The summed E-state index contributed by atoms with van der Waals surface area (Å²) in [6.07, 6.45) is 0. The van der Waals surface area contributed by atoms with E-state index in [-0.39, 0.29) is 40.0 Å². The minimum atomic E-state index is -1.02. The van der Waals surface area contributed by atoms with Crippen molar-refractivity contribution in [3.05, 3.63) is 81.8 Å². The van der Waals surface area contributed by atoms with Crippen LogP contribution in [0.4, 0.5) is 11.4 Å². The van der Waals surface area contributed by atoms with Crippen LogP contribution in [0.15, 0.2) is 71.2 Å². The molecule has 10 nitrogen and oxygen atoms in total. The van der Waals surface area contributed by atoms with Crippen molar-refractivity contribution >= 4 is 40.8 Å². The number of hydrogen-bond donors (Lipinski definition) is 2. The van der Waals surface area contributed by atoms with Gasteiger partial charge in [-0.1, -0.05) is 41.9 Å². The Labute approximate surface area is 212 Å². The maximum absolute atomic E-state index is 13.1. The van der Waals surface area contributed by atoms with E-state index in [1.165, 1.54) is 25.3 Å². The molecular weight excluding hydrogens is 488 g/mol. The monoisotopic (exact) mass is 510 g/mol. The van der Waals surface area contributed by atoms with Gasteiger partial charge in [-0.15, -0.1) is 0 Å². The maximum atomic E-state index is 13.1. The third kappa shape index (κ3) is 5.02. The molecule has 11 heteroatoms. The lowest BCUT2D eigenvalue weighted by atomic mass is 9.81. The molecule has 186 valence electrons. The minimum Gasteiger partial charge on any atom is -0.466 e. The molecule has 2 aromatic rings. The molecular formula is C25H23ClN4O6. The van der Waals surface area contributed by atoms with E-state index in [1.54, 1.807) is 30.3 Å². The molecule has 1 atom stereocenters. The average Bonchev–Trinajstić information content (AvgIpc) is 2.88. The molecule has 0 saturated carbocycles. The highest BCUT2D eigenvalue weighted by Crippen LogP contribution is 2.45. The van der Waals surface area contributed by atoms with E-state index in [9.17, 15) is 19.6 Å². The van der Waals surface area contributed by atoms with Gasteiger partial charge in [0.05, 0.1) is 48.1 Å². The highest BCUT2D eigenvalue weighted by atomic mass is 35.5. The fraction of sp³-hybridized carbons (Fsp3) is 0.200. The lowest BCUT2D eigenvalue weighted by Gasteiger charge is -2.36. The average molecular weight is 511 g/mol. The topological polar surface area (TPSA) is 144 Å². The van der Waals surface area contributed by atoms with Gasteiger partial charge in [-0.05, 0) is 23.8 Å². The van der Waals surface area contributed by atoms with Crippen LogP contribution in [0, 0.1) is 11.3 Å². The largest absolute Gasteiger partial charge is 0.466 e. The van der Waals surface area contributed by atoms with E-state index in [0.29, 0.717) is 11.3 Å². The van der Waals surface area contributed by atoms with Gasteiger partial charge in [-0.2, -0.15) is 5.26 Å². The summed E-state index contributed by atoms with van der Waals surface area (Å²) in [6.45, 7) is -0.194. The molecule has 1 aliphatic rings. The summed E-state index contributed by atoms with van der Waals surface area (Å²) in [5.41, 5.74) is 6.97. The van der Waals surface area contributed by atoms with Crippen molar-refractivity contribution in [3.63, 3.8) is 0 Å². The maximum Gasteiger partial charge on any atom is 0.355 e. The van der Waals surface area contributed by atoms with Gasteiger partial charge < -0.3 is 25.3 Å². The molecule has 3 N–H and O–H groups in total. The molecule has 0 aliphatic carbocycles. The molecule has 1 heterocycles. The van der Waals surface area contributed by atoms with Gasteiger partial charge >= 0.3 is 11.9 Å². The smallest absolute Gasteiger partial charge is 0.355 e. The highest BCUT2D eigenvalue weighted by Gasteiger charge is 2.43. The zero-order valence-corrected chi connectivity index (χ0v) is 20.5. The van der Waals surface area contributed by atoms with Crippen LogP contribution in [-0.2, 0) is 28.6 Å². The van der Waals surface area contributed by atoms with E-state index in [0.717, 1.165) is 19.1 Å². The molecule has 1 aliphatic heterocycles. The van der Waals surface area contributed by atoms with Crippen LogP contribution in [-0.4, -0.2) is 45.8 Å². The molecule has 0 saturated heterocycles. The number of nitrogens with one attached hydrogen (secondary N) is 1. The number of halogens is 1. The number of rotatable bonds is 7. The third-order valence-corrected chi connectivity index (χ3v) is 5.68. The predicted molar refractivity (Wildman–Crippen MR) is 132 cm³/mol. The van der Waals surface area contributed by atoms with Crippen molar-refractivity contribution in [2.24, 2.45) is 5.73 Å². The van der Waals surface area contributed by atoms with Gasteiger partial charge in [0.1, 0.15) is 18.1 Å². The summed E-state index contributed by atoms with van der Waals surface area (Å²) in [4.78, 5) is 39.4. The molecule has 0 aromatic heterocycles. The quantitative estimate of drug-likeness (QED) is 0.537. The Kier molecular flexibility index (Phi) is 8.32. The van der Waals surface area contributed by atoms with Crippen molar-refractivity contribution in [2.45, 2.75) is 5.92 Å². The number of carbonyl (C=O) groups is 3. The number of nitrogens with two attached hydrogens (primary N) is 1. The first-order valence-electron chi connectivity index (χ1n) is 10.5. The third-order valence-electron chi connectivity index (χ3n) is 5.36. The number of anilines is 2. The van der Waals surface area contributed by atoms with E-state index in [2.05, 4.69) is 11.4 Å². The number of ether oxygens (including phenoxy) is 3. The zero-order valence-electron chi connectivity index (χ0n) is 19.7. The lowest BCUT2D eigenvalue weighted by Crippen LogP contribution is -2.41. The van der Waals surface area contributed by atoms with Gasteiger partial charge in [0.2, 0.25) is 5.91 Å². The van der Waals surface area contributed by atoms with Gasteiger partial charge in [0, 0.05) is 12.8 Å². The summed E-state index contributed by atoms with van der Waals surface area (Å²) < 4.78 is 14.8. The van der Waals surface area contributed by atoms with Crippen LogP contribution >= 0.6 is 11.6 Å². The number of nitrogens with zero attached hydrogens (tertiary/aromatic N) is 2. The van der Waals surface area contributed by atoms with Crippen LogP contribution in [0.1, 0.15) is 11.5 Å². The Bertz CT molecular complexity index is 1300. The number of esters is 2. The van der Waals surface area contributed by atoms with Gasteiger partial charge in [0.25, 0.3) is 0 Å². The van der Waals surface area contributed by atoms with Crippen molar-refractivity contribution < 1.29 is 28.6 Å². The number of hydrogen-bond acceptors (Lipinski definition) is 9. The summed E-state index contributed by atoms with van der Waals surface area (Å²) >= 11 is 6.48. The molecule has 2 aromatic carbocycles. The number of methoxy groups -OCH3 is 3. The molecule has 0 fully saturated rings. The minimum absolute atomic E-state index is 0.0147. The number of allylic oxidation sites excluding steroid dienone is 1. The Morgan fingerprint density at radius 1 is 1.08 bits per heavy atom. The predicted octanol–water partition coefficient (Wildman–Crippen LogP) is 2.82. The second-order valence-electron chi connectivity index (χ2n) is 7.48. The van der Waals surface area contributed by atoms with Crippen molar-refractivity contribution in [2.75, 3.05) is 38.2 Å². The molecule has 0 bridgehead atoms. The number of benzene rings is 2. The Morgan fingerprint density at radius 2 is 1.75 bits per heavy atom. The van der Waals surface area contributed by atoms with Crippen molar-refractivity contribution in [1.29, 1.82) is 5.26 Å². The highest BCUT2D eigenvalue weighted by molar-refractivity contribution is 6.33. The van der Waals surface area contributed by atoms with Crippen LogP contribution in [0.3, 0.4) is 0 Å². The van der Waals surface area contributed by atoms with E-state index in [1.807, 2.05) is 0 Å². The molecule has 1 unspecified atom stereocenters. The van der Waals surface area contributed by atoms with Crippen molar-refractivity contribution in [1.82, 2.24) is 0 Å². The van der Waals surface area contributed by atoms with Gasteiger partial charge in [0.15, 0.2) is 0 Å². The lowest BCUT2D eigenvalue weighted by molar-refractivity contribution is -0.139. The summed E-state index contributed by atoms with van der Waals surface area (Å²) in [5, 5.41) is 12.9. The summed E-state index contributed by atoms with van der Waals surface area (Å²) in [6, 6.07) is 15.1. The first-order chi connectivity index (χ1) is 17.3. The molecule has 3 rings (SSSR count). The first-order valence-corrected chi connectivity index (χ1v) is 10.9. The Balaban J connectivity index is 2.34. The van der Waals surface area contributed by atoms with Crippen LogP contribution in [0.2, 0.25) is 5.02 Å². The fourth-order valence-electron chi connectivity index (χ4n) is 3.85. The summed E-state index contributed by atoms with van der Waals surface area (Å²) in [7, 11) is 3.67. The number of carbonyl (C=O) groups excluding carboxylic acids is 3. The zero-order chi connectivity index (χ0) is 26.4. The SMILES string of the molecule is COCC(=O)Nc1ccc(Cl)c(N2C(N)=C(C#N)C(c3ccccc3)C(C(=O)OC)=C2C(=O)OC)c1. The van der Waals surface area contributed by atoms with Crippen LogP contribution in [0.25, 0.3) is 0 Å². The molecule has 0 radical (unpaired) electrons. The Hall–Kier alpha value is -4.33. The van der Waals surface area contributed by atoms with E-state index in [4.69, 9.17) is 31.5 Å². The second kappa shape index (κ2) is 11.4. The van der Waals surface area contributed by atoms with Crippen LogP contribution < -0.4 is 16.0 Å². The second-order valence-corrected chi connectivity index (χ2v) is 7.89. The number of amides is 1. The van der Waals surface area contributed by atoms with Crippen molar-refractivity contribution in [3.8, 4) is 6.07 Å². The normalized spacial score (nSPS) is 15.3. The van der Waals surface area contributed by atoms with Crippen LogP contribution in [0.5, 0.6) is 0 Å². The molecule has 0 spiro atoms. The Morgan fingerprint density at radius 3 is 2.33 bits per heavy atom. The molecule has 1 amide bonds.